The number of nitrogens with one attached hydrogen (secondary N) is 1. The summed E-state index contributed by atoms with van der Waals surface area (Å²) in [4.78, 5) is 11.2. The van der Waals surface area contributed by atoms with Crippen LogP contribution in [0.25, 0.3) is 0 Å². The van der Waals surface area contributed by atoms with Crippen molar-refractivity contribution in [2.24, 2.45) is 0 Å². The number of carboxylic acid groups (broad SMARTS) is 1. The van der Waals surface area contributed by atoms with Gasteiger partial charge < -0.3 is 9.84 Å². The zero-order valence-electron chi connectivity index (χ0n) is 13.3. The van der Waals surface area contributed by atoms with Crippen molar-refractivity contribution in [1.82, 2.24) is 4.72 Å². The minimum absolute atomic E-state index is 0.0409. The van der Waals surface area contributed by atoms with Gasteiger partial charge in [0.15, 0.2) is 0 Å². The summed E-state index contributed by atoms with van der Waals surface area (Å²) in [5.74, 6) is -0.977. The van der Waals surface area contributed by atoms with Crippen LogP contribution in [-0.4, -0.2) is 32.6 Å². The lowest BCUT2D eigenvalue weighted by atomic mass is 10.1. The van der Waals surface area contributed by atoms with E-state index in [9.17, 15) is 18.3 Å². The molecule has 1 unspecified atom stereocenters. The van der Waals surface area contributed by atoms with Crippen molar-refractivity contribution in [3.63, 3.8) is 0 Å². The summed E-state index contributed by atoms with van der Waals surface area (Å²) < 4.78 is 32.4. The largest absolute Gasteiger partial charge is 0.495 e. The van der Waals surface area contributed by atoms with Crippen LogP contribution < -0.4 is 9.46 Å². The van der Waals surface area contributed by atoms with Gasteiger partial charge in [-0.05, 0) is 43.5 Å². The van der Waals surface area contributed by atoms with Crippen molar-refractivity contribution in [3.05, 3.63) is 23.3 Å². The maximum absolute atomic E-state index is 12.5. The van der Waals surface area contributed by atoms with Crippen molar-refractivity contribution < 1.29 is 23.1 Å². The molecule has 0 bridgehead atoms. The molecule has 0 aliphatic rings. The van der Waals surface area contributed by atoms with Crippen LogP contribution in [0.5, 0.6) is 5.75 Å². The first-order valence-electron chi connectivity index (χ1n) is 7.13. The maximum Gasteiger partial charge on any atom is 0.321 e. The van der Waals surface area contributed by atoms with Crippen LogP contribution in [0.15, 0.2) is 17.0 Å². The smallest absolute Gasteiger partial charge is 0.321 e. The Labute approximate surface area is 131 Å². The van der Waals surface area contributed by atoms with E-state index in [1.54, 1.807) is 13.0 Å². The van der Waals surface area contributed by atoms with Gasteiger partial charge in [-0.15, -0.1) is 0 Å². The number of methoxy groups -OCH3 is 1. The molecule has 0 aliphatic heterocycles. The molecule has 0 saturated carbocycles. The van der Waals surface area contributed by atoms with Gasteiger partial charge in [0.1, 0.15) is 16.7 Å². The lowest BCUT2D eigenvalue weighted by Crippen LogP contribution is -2.40. The molecular weight excluding hydrogens is 306 g/mol. The molecule has 124 valence electrons. The molecule has 0 fully saturated rings. The fraction of sp³-hybridized carbons (Fsp3) is 0.533. The number of aryl methyl sites for hydroxylation is 2. The first-order chi connectivity index (χ1) is 10.2. The Hall–Kier alpha value is -1.60. The summed E-state index contributed by atoms with van der Waals surface area (Å²) >= 11 is 0. The summed E-state index contributed by atoms with van der Waals surface area (Å²) in [5, 5.41) is 9.18. The van der Waals surface area contributed by atoms with E-state index in [1.807, 2.05) is 13.8 Å². The fourth-order valence-electron chi connectivity index (χ4n) is 2.02. The van der Waals surface area contributed by atoms with Gasteiger partial charge >= 0.3 is 5.97 Å². The van der Waals surface area contributed by atoms with E-state index < -0.39 is 22.0 Å². The van der Waals surface area contributed by atoms with Crippen molar-refractivity contribution in [2.45, 2.75) is 51.0 Å². The summed E-state index contributed by atoms with van der Waals surface area (Å²) in [6.45, 7) is 5.56. The first kappa shape index (κ1) is 18.4. The zero-order valence-corrected chi connectivity index (χ0v) is 14.2. The summed E-state index contributed by atoms with van der Waals surface area (Å²) in [5.41, 5.74) is 1.69. The highest BCUT2D eigenvalue weighted by molar-refractivity contribution is 7.89. The second-order valence-electron chi connectivity index (χ2n) is 5.24. The molecule has 0 saturated heterocycles. The summed E-state index contributed by atoms with van der Waals surface area (Å²) in [7, 11) is -2.59. The van der Waals surface area contributed by atoms with Gasteiger partial charge in [-0.1, -0.05) is 19.8 Å². The molecule has 1 rings (SSSR count). The number of hydrogen-bond donors (Lipinski definition) is 2. The van der Waals surface area contributed by atoms with E-state index >= 15 is 0 Å². The van der Waals surface area contributed by atoms with Gasteiger partial charge in [-0.2, -0.15) is 4.72 Å². The van der Waals surface area contributed by atoms with Gasteiger partial charge in [-0.3, -0.25) is 4.79 Å². The Balaban J connectivity index is 3.18. The minimum atomic E-state index is -3.97. The van der Waals surface area contributed by atoms with Crippen LogP contribution in [0.2, 0.25) is 0 Å². The summed E-state index contributed by atoms with van der Waals surface area (Å²) in [6, 6.07) is 1.98. The van der Waals surface area contributed by atoms with Crippen LogP contribution >= 0.6 is 0 Å². The van der Waals surface area contributed by atoms with E-state index in [1.165, 1.54) is 13.2 Å². The average molecular weight is 329 g/mol. The van der Waals surface area contributed by atoms with E-state index in [0.717, 1.165) is 17.5 Å². The van der Waals surface area contributed by atoms with Crippen LogP contribution in [0.3, 0.4) is 0 Å². The Morgan fingerprint density at radius 3 is 2.41 bits per heavy atom. The van der Waals surface area contributed by atoms with E-state index in [4.69, 9.17) is 4.74 Å². The maximum atomic E-state index is 12.5. The molecule has 22 heavy (non-hydrogen) atoms. The number of carboxylic acids is 1. The molecule has 1 aromatic carbocycles. The quantitative estimate of drug-likeness (QED) is 0.763. The molecule has 1 atom stereocenters. The molecule has 0 amide bonds. The number of sulfonamides is 1. The number of hydrogen-bond acceptors (Lipinski definition) is 4. The third kappa shape index (κ3) is 4.45. The predicted molar refractivity (Wildman–Crippen MR) is 83.7 cm³/mol. The topological polar surface area (TPSA) is 92.7 Å². The second-order valence-corrected chi connectivity index (χ2v) is 6.92. The Morgan fingerprint density at radius 1 is 1.32 bits per heavy atom. The molecule has 6 nitrogen and oxygen atoms in total. The van der Waals surface area contributed by atoms with Gasteiger partial charge in [0.25, 0.3) is 0 Å². The molecule has 0 heterocycles. The molecule has 7 heteroatoms. The number of benzene rings is 1. The minimum Gasteiger partial charge on any atom is -0.495 e. The van der Waals surface area contributed by atoms with E-state index in [0.29, 0.717) is 6.42 Å². The molecule has 2 N–H and O–H groups in total. The molecule has 0 aliphatic carbocycles. The van der Waals surface area contributed by atoms with Crippen LogP contribution in [-0.2, 0) is 14.8 Å². The van der Waals surface area contributed by atoms with Crippen molar-refractivity contribution >= 4 is 16.0 Å². The van der Waals surface area contributed by atoms with E-state index in [2.05, 4.69) is 4.72 Å². The van der Waals surface area contributed by atoms with Crippen LogP contribution in [0.4, 0.5) is 0 Å². The molecular formula is C15H23NO5S. The summed E-state index contributed by atoms with van der Waals surface area (Å²) in [6.07, 6.45) is 1.67. The van der Waals surface area contributed by atoms with Crippen molar-refractivity contribution in [2.75, 3.05) is 7.11 Å². The second kappa shape index (κ2) is 7.60. The van der Waals surface area contributed by atoms with Crippen molar-refractivity contribution in [3.8, 4) is 5.75 Å². The monoisotopic (exact) mass is 329 g/mol. The van der Waals surface area contributed by atoms with Crippen LogP contribution in [0.1, 0.15) is 37.3 Å². The number of rotatable bonds is 8. The molecule has 0 aromatic heterocycles. The van der Waals surface area contributed by atoms with Crippen LogP contribution in [0, 0.1) is 13.8 Å². The Morgan fingerprint density at radius 2 is 1.91 bits per heavy atom. The lowest BCUT2D eigenvalue weighted by molar-refractivity contribution is -0.139. The Kier molecular flexibility index (Phi) is 6.37. The van der Waals surface area contributed by atoms with Gasteiger partial charge in [0.2, 0.25) is 10.0 Å². The zero-order chi connectivity index (χ0) is 16.9. The molecule has 0 spiro atoms. The Bertz CT molecular complexity index is 640. The highest BCUT2D eigenvalue weighted by atomic mass is 32.2. The number of aliphatic carboxylic acids is 1. The first-order valence-corrected chi connectivity index (χ1v) is 8.61. The van der Waals surface area contributed by atoms with Gasteiger partial charge in [0.05, 0.1) is 7.11 Å². The number of unbranched alkanes of at least 4 members (excludes halogenated alkanes) is 1. The third-order valence-corrected chi connectivity index (χ3v) is 5.00. The molecule has 0 radical (unpaired) electrons. The van der Waals surface area contributed by atoms with Crippen molar-refractivity contribution in [1.29, 1.82) is 0 Å². The van der Waals surface area contributed by atoms with E-state index in [-0.39, 0.29) is 17.1 Å². The SMILES string of the molecule is CCCCC(NS(=O)(=O)c1cc(C)c(C)cc1OC)C(=O)O. The standard InChI is InChI=1S/C15H23NO5S/c1-5-6-7-12(15(17)18)16-22(19,20)14-9-11(3)10(2)8-13(14)21-4/h8-9,12,16H,5-7H2,1-4H3,(H,17,18). The molecule has 1 aromatic rings. The third-order valence-electron chi connectivity index (χ3n) is 3.51. The predicted octanol–water partition coefficient (Wildman–Crippen LogP) is 2.23. The van der Waals surface area contributed by atoms with Gasteiger partial charge in [0, 0.05) is 0 Å². The highest BCUT2D eigenvalue weighted by Crippen LogP contribution is 2.27. The number of carbonyl (C=O) groups is 1. The highest BCUT2D eigenvalue weighted by Gasteiger charge is 2.27. The average Bonchev–Trinajstić information content (AvgIpc) is 2.45. The van der Waals surface area contributed by atoms with Gasteiger partial charge in [-0.25, -0.2) is 8.42 Å². The normalized spacial score (nSPS) is 12.9. The lowest BCUT2D eigenvalue weighted by Gasteiger charge is -2.17. The fourth-order valence-corrected chi connectivity index (χ4v) is 3.48. The number of ether oxygens (including phenoxy) is 1.